The van der Waals surface area contributed by atoms with Crippen LogP contribution in [0, 0.1) is 0 Å². The average molecular weight is 588 g/mol. The summed E-state index contributed by atoms with van der Waals surface area (Å²) in [5.74, 6) is 1.28. The maximum Gasteiger partial charge on any atom is 0.150 e. The molecule has 4 aromatic rings. The fourth-order valence-corrected chi connectivity index (χ4v) is 3.07. The van der Waals surface area contributed by atoms with E-state index < -0.39 is 0 Å². The summed E-state index contributed by atoms with van der Waals surface area (Å²) in [6.07, 6.45) is 5.58. The monoisotopic (exact) mass is 584 g/mol. The van der Waals surface area contributed by atoms with Crippen molar-refractivity contribution in [1.82, 2.24) is 29.9 Å². The molecule has 0 bridgehead atoms. The molecule has 3 N–H and O–H groups in total. The topological polar surface area (TPSA) is 115 Å². The quantitative estimate of drug-likeness (QED) is 0.234. The minimum Gasteiger partial charge on any atom is -0.382 e. The molecule has 0 fully saturated rings. The molecule has 8 nitrogen and oxygen atoms in total. The molecule has 0 aromatic carbocycles. The summed E-state index contributed by atoms with van der Waals surface area (Å²) in [6.45, 7) is 0. The Balaban J connectivity index is 0.000000192. The van der Waals surface area contributed by atoms with E-state index >= 15 is 0 Å². The number of nitrogens with one attached hydrogen (secondary N) is 1. The van der Waals surface area contributed by atoms with Gasteiger partial charge in [-0.05, 0) is 12.1 Å². The van der Waals surface area contributed by atoms with Gasteiger partial charge in [0.1, 0.15) is 45.6 Å². The summed E-state index contributed by atoms with van der Waals surface area (Å²) in [7, 11) is 0. The fourth-order valence-electron chi connectivity index (χ4n) is 1.77. The zero-order valence-electron chi connectivity index (χ0n) is 16.0. The van der Waals surface area contributed by atoms with Crippen LogP contribution < -0.4 is 11.1 Å². The lowest BCUT2D eigenvalue weighted by atomic mass is 10.4. The number of anilines is 3. The van der Waals surface area contributed by atoms with E-state index in [0.29, 0.717) is 53.0 Å². The molecule has 33 heavy (non-hydrogen) atoms. The number of nitrogens with two attached hydrogens (primary N) is 1. The number of nitrogen functional groups attached to an aromatic ring is 1. The first-order chi connectivity index (χ1) is 15.6. The van der Waals surface area contributed by atoms with Crippen LogP contribution in [-0.2, 0) is 0 Å². The van der Waals surface area contributed by atoms with Crippen LogP contribution in [-0.4, -0.2) is 29.9 Å². The van der Waals surface area contributed by atoms with E-state index in [1.807, 2.05) is 0 Å². The van der Waals surface area contributed by atoms with E-state index in [4.69, 9.17) is 86.9 Å². The van der Waals surface area contributed by atoms with Gasteiger partial charge < -0.3 is 11.1 Å². The van der Waals surface area contributed by atoms with Gasteiger partial charge in [-0.2, -0.15) is 0 Å². The lowest BCUT2D eigenvalue weighted by Crippen LogP contribution is -1.97. The Hall–Kier alpha value is -1.91. The number of nitrogens with zero attached hydrogens (tertiary/aromatic N) is 6. The number of aromatic nitrogens is 6. The zero-order valence-corrected chi connectivity index (χ0v) is 21.3. The fraction of sp³-hybridized carbons (Fsp3) is 0. The first-order valence-corrected chi connectivity index (χ1v) is 11.0. The molecule has 4 aromatic heterocycles. The number of rotatable bonds is 2. The number of hydrogen-bond acceptors (Lipinski definition) is 8. The Morgan fingerprint density at radius 2 is 1.09 bits per heavy atom. The number of halogens is 7. The SMILES string of the molecule is Clc1cc(Cl)ncn1.Clc1cnc(Nc2cc(Cl)ncn2)c(Cl)c1.Nc1ncc(Cl)cc1Cl. The van der Waals surface area contributed by atoms with Gasteiger partial charge in [-0.1, -0.05) is 81.2 Å². The first kappa shape index (κ1) is 27.3. The van der Waals surface area contributed by atoms with Crippen molar-refractivity contribution in [2.75, 3.05) is 11.1 Å². The summed E-state index contributed by atoms with van der Waals surface area (Å²) in [4.78, 5) is 22.7. The molecule has 0 spiro atoms. The second-order valence-corrected chi connectivity index (χ2v) is 8.37. The molecule has 15 heteroatoms. The normalized spacial score (nSPS) is 9.79. The zero-order chi connectivity index (χ0) is 24.4. The van der Waals surface area contributed by atoms with Gasteiger partial charge in [-0.25, -0.2) is 29.9 Å². The molecular formula is C18H11Cl7N8. The molecule has 172 valence electrons. The Kier molecular flexibility index (Phi) is 11.4. The highest BCUT2D eigenvalue weighted by atomic mass is 35.5. The predicted octanol–water partition coefficient (Wildman–Crippen LogP) is 7.33. The van der Waals surface area contributed by atoms with Crippen LogP contribution in [0.5, 0.6) is 0 Å². The minimum atomic E-state index is 0.307. The van der Waals surface area contributed by atoms with Gasteiger partial charge in [0.2, 0.25) is 0 Å². The highest BCUT2D eigenvalue weighted by Crippen LogP contribution is 2.25. The molecule has 4 rings (SSSR count). The van der Waals surface area contributed by atoms with E-state index in [2.05, 4.69) is 35.2 Å². The van der Waals surface area contributed by atoms with E-state index in [0.717, 1.165) is 0 Å². The molecule has 0 unspecified atom stereocenters. The van der Waals surface area contributed by atoms with Crippen molar-refractivity contribution in [1.29, 1.82) is 0 Å². The third kappa shape index (κ3) is 10.3. The van der Waals surface area contributed by atoms with Crippen LogP contribution in [0.2, 0.25) is 35.5 Å². The Morgan fingerprint density at radius 3 is 1.55 bits per heavy atom. The molecule has 0 aliphatic carbocycles. The highest BCUT2D eigenvalue weighted by Gasteiger charge is 2.04. The Morgan fingerprint density at radius 1 is 0.576 bits per heavy atom. The van der Waals surface area contributed by atoms with Crippen LogP contribution in [0.25, 0.3) is 0 Å². The maximum atomic E-state index is 5.93. The van der Waals surface area contributed by atoms with Gasteiger partial charge in [0.15, 0.2) is 0 Å². The van der Waals surface area contributed by atoms with Gasteiger partial charge >= 0.3 is 0 Å². The van der Waals surface area contributed by atoms with E-state index in [9.17, 15) is 0 Å². The molecule has 0 aliphatic rings. The molecule has 0 amide bonds. The van der Waals surface area contributed by atoms with Crippen LogP contribution in [0.4, 0.5) is 17.5 Å². The van der Waals surface area contributed by atoms with Gasteiger partial charge in [0, 0.05) is 24.5 Å². The van der Waals surface area contributed by atoms with Crippen molar-refractivity contribution < 1.29 is 0 Å². The highest BCUT2D eigenvalue weighted by molar-refractivity contribution is 6.36. The average Bonchev–Trinajstić information content (AvgIpc) is 2.74. The Labute approximate surface area is 223 Å². The summed E-state index contributed by atoms with van der Waals surface area (Å²) in [5.41, 5.74) is 5.29. The lowest BCUT2D eigenvalue weighted by molar-refractivity contribution is 1.16. The third-order valence-electron chi connectivity index (χ3n) is 3.12. The summed E-state index contributed by atoms with van der Waals surface area (Å²) in [5, 5.41) is 5.73. The third-order valence-corrected chi connectivity index (χ3v) is 4.75. The van der Waals surface area contributed by atoms with E-state index in [1.165, 1.54) is 31.1 Å². The molecule has 0 aliphatic heterocycles. The molecule has 0 saturated carbocycles. The van der Waals surface area contributed by atoms with Gasteiger partial charge in [0.25, 0.3) is 0 Å². The Bertz CT molecular complexity index is 1190. The van der Waals surface area contributed by atoms with Gasteiger partial charge in [0.05, 0.1) is 20.1 Å². The maximum absolute atomic E-state index is 5.93. The van der Waals surface area contributed by atoms with Crippen LogP contribution in [0.15, 0.2) is 49.3 Å². The molecular weight excluding hydrogens is 576 g/mol. The van der Waals surface area contributed by atoms with Crippen molar-refractivity contribution in [2.45, 2.75) is 0 Å². The molecule has 4 heterocycles. The van der Waals surface area contributed by atoms with Gasteiger partial charge in [-0.3, -0.25) is 0 Å². The molecule has 0 atom stereocenters. The van der Waals surface area contributed by atoms with Crippen molar-refractivity contribution in [3.63, 3.8) is 0 Å². The van der Waals surface area contributed by atoms with Crippen LogP contribution >= 0.6 is 81.2 Å². The van der Waals surface area contributed by atoms with Crippen LogP contribution in [0.1, 0.15) is 0 Å². The standard InChI is InChI=1S/C9H5Cl3N4.C5H4Cl2N2.C4H2Cl2N2/c10-5-1-6(11)9(13-3-5)16-8-2-7(12)14-4-15-8;6-3-1-4(7)5(8)9-2-3;5-3-1-4(6)8-2-7-3/h1-4H,(H,13,14,15,16);1-2H,(H2,8,9);1-2H. The second-order valence-electron chi connectivity index (χ2n) is 5.52. The van der Waals surface area contributed by atoms with Crippen LogP contribution in [0.3, 0.4) is 0 Å². The summed E-state index contributed by atoms with van der Waals surface area (Å²) < 4.78 is 0. The largest absolute Gasteiger partial charge is 0.382 e. The van der Waals surface area contributed by atoms with E-state index in [1.54, 1.807) is 18.2 Å². The second kappa shape index (κ2) is 13.7. The first-order valence-electron chi connectivity index (χ1n) is 8.39. The number of hydrogen-bond donors (Lipinski definition) is 2. The lowest BCUT2D eigenvalue weighted by Gasteiger charge is -2.06. The van der Waals surface area contributed by atoms with Crippen molar-refractivity contribution in [2.24, 2.45) is 0 Å². The summed E-state index contributed by atoms with van der Waals surface area (Å²) >= 11 is 39.2. The minimum absolute atomic E-state index is 0.307. The smallest absolute Gasteiger partial charge is 0.150 e. The summed E-state index contributed by atoms with van der Waals surface area (Å²) in [6, 6.07) is 6.17. The van der Waals surface area contributed by atoms with E-state index in [-0.39, 0.29) is 0 Å². The number of pyridine rings is 2. The van der Waals surface area contributed by atoms with Crippen molar-refractivity contribution in [3.05, 3.63) is 84.9 Å². The molecule has 0 radical (unpaired) electrons. The predicted molar refractivity (Wildman–Crippen MR) is 135 cm³/mol. The van der Waals surface area contributed by atoms with Crippen molar-refractivity contribution in [3.8, 4) is 0 Å². The van der Waals surface area contributed by atoms with Crippen molar-refractivity contribution >= 4 is 98.7 Å². The van der Waals surface area contributed by atoms with Gasteiger partial charge in [-0.15, -0.1) is 0 Å². The molecule has 0 saturated heterocycles.